The van der Waals surface area contributed by atoms with Crippen LogP contribution in [-0.4, -0.2) is 36.2 Å². The highest BCUT2D eigenvalue weighted by atomic mass is 16.5. The number of rotatable bonds is 6. The number of carboxylic acid groups (broad SMARTS) is 1. The van der Waals surface area contributed by atoms with Crippen molar-refractivity contribution in [3.63, 3.8) is 0 Å². The number of benzene rings is 1. The van der Waals surface area contributed by atoms with Gasteiger partial charge in [0.05, 0.1) is 7.11 Å². The van der Waals surface area contributed by atoms with Gasteiger partial charge in [-0.2, -0.15) is 0 Å². The summed E-state index contributed by atoms with van der Waals surface area (Å²) in [5.74, 6) is 0.166. The van der Waals surface area contributed by atoms with Crippen LogP contribution in [-0.2, 0) is 4.79 Å². The van der Waals surface area contributed by atoms with Gasteiger partial charge < -0.3 is 9.84 Å². The van der Waals surface area contributed by atoms with Crippen molar-refractivity contribution < 1.29 is 14.6 Å². The van der Waals surface area contributed by atoms with E-state index in [2.05, 4.69) is 17.0 Å². The average Bonchev–Trinajstić information content (AvgIpc) is 2.87. The van der Waals surface area contributed by atoms with Crippen LogP contribution in [0.15, 0.2) is 24.3 Å². The van der Waals surface area contributed by atoms with E-state index < -0.39 is 5.97 Å². The van der Waals surface area contributed by atoms with Crippen molar-refractivity contribution in [1.82, 2.24) is 4.90 Å². The molecule has 1 aliphatic rings. The summed E-state index contributed by atoms with van der Waals surface area (Å²) < 4.78 is 5.17. The monoisotopic (exact) mass is 263 g/mol. The van der Waals surface area contributed by atoms with Crippen molar-refractivity contribution in [1.29, 1.82) is 0 Å². The van der Waals surface area contributed by atoms with Gasteiger partial charge in [-0.25, -0.2) is 0 Å². The summed E-state index contributed by atoms with van der Waals surface area (Å²) in [6, 6.07) is 8.63. The first-order valence-corrected chi connectivity index (χ1v) is 6.80. The SMILES string of the molecule is COc1ccc(C2CCCN2CCCC(=O)O)cc1. The van der Waals surface area contributed by atoms with E-state index in [1.807, 2.05) is 12.1 Å². The van der Waals surface area contributed by atoms with E-state index in [0.29, 0.717) is 6.04 Å². The molecule has 104 valence electrons. The molecule has 0 saturated carbocycles. The number of carbonyl (C=O) groups is 1. The zero-order chi connectivity index (χ0) is 13.7. The number of nitrogens with zero attached hydrogens (tertiary/aromatic N) is 1. The fourth-order valence-electron chi connectivity index (χ4n) is 2.73. The van der Waals surface area contributed by atoms with Gasteiger partial charge in [-0.3, -0.25) is 9.69 Å². The van der Waals surface area contributed by atoms with Gasteiger partial charge in [0.2, 0.25) is 0 Å². The Bertz CT molecular complexity index is 416. The van der Waals surface area contributed by atoms with Crippen molar-refractivity contribution in [2.75, 3.05) is 20.2 Å². The quantitative estimate of drug-likeness (QED) is 0.857. The molecule has 1 aliphatic heterocycles. The summed E-state index contributed by atoms with van der Waals surface area (Å²) in [6.07, 6.45) is 3.32. The molecular formula is C15H21NO3. The molecule has 1 aromatic rings. The summed E-state index contributed by atoms with van der Waals surface area (Å²) in [5.41, 5.74) is 1.30. The second-order valence-corrected chi connectivity index (χ2v) is 4.96. The fourth-order valence-corrected chi connectivity index (χ4v) is 2.73. The maximum absolute atomic E-state index is 10.6. The molecule has 1 atom stereocenters. The molecule has 1 aromatic carbocycles. The predicted molar refractivity (Wildman–Crippen MR) is 73.4 cm³/mol. The van der Waals surface area contributed by atoms with Crippen LogP contribution in [0.1, 0.15) is 37.3 Å². The Morgan fingerprint density at radius 1 is 1.42 bits per heavy atom. The minimum Gasteiger partial charge on any atom is -0.497 e. The van der Waals surface area contributed by atoms with Gasteiger partial charge in [0.25, 0.3) is 0 Å². The van der Waals surface area contributed by atoms with Crippen LogP contribution < -0.4 is 4.74 Å². The Balaban J connectivity index is 1.95. The van der Waals surface area contributed by atoms with Crippen LogP contribution in [0, 0.1) is 0 Å². The first-order chi connectivity index (χ1) is 9.20. The average molecular weight is 263 g/mol. The number of likely N-dealkylation sites (tertiary alicyclic amines) is 1. The van der Waals surface area contributed by atoms with Crippen molar-refractivity contribution in [3.8, 4) is 5.75 Å². The molecule has 1 fully saturated rings. The van der Waals surface area contributed by atoms with Crippen molar-refractivity contribution in [3.05, 3.63) is 29.8 Å². The van der Waals surface area contributed by atoms with Crippen molar-refractivity contribution in [2.24, 2.45) is 0 Å². The number of methoxy groups -OCH3 is 1. The molecule has 19 heavy (non-hydrogen) atoms. The Labute approximate surface area is 114 Å². The van der Waals surface area contributed by atoms with Gasteiger partial charge in [-0.1, -0.05) is 12.1 Å². The van der Waals surface area contributed by atoms with E-state index in [9.17, 15) is 4.79 Å². The molecule has 1 heterocycles. The van der Waals surface area contributed by atoms with E-state index in [4.69, 9.17) is 9.84 Å². The zero-order valence-electron chi connectivity index (χ0n) is 11.3. The lowest BCUT2D eigenvalue weighted by Crippen LogP contribution is -2.24. The van der Waals surface area contributed by atoms with Gasteiger partial charge in [-0.15, -0.1) is 0 Å². The summed E-state index contributed by atoms with van der Waals surface area (Å²) in [6.45, 7) is 1.93. The molecule has 0 spiro atoms. The molecule has 0 bridgehead atoms. The number of hydrogen-bond donors (Lipinski definition) is 1. The van der Waals surface area contributed by atoms with E-state index in [0.717, 1.165) is 31.7 Å². The normalized spacial score (nSPS) is 19.5. The summed E-state index contributed by atoms with van der Waals surface area (Å²) >= 11 is 0. The van der Waals surface area contributed by atoms with E-state index in [-0.39, 0.29) is 6.42 Å². The first kappa shape index (κ1) is 13.9. The van der Waals surface area contributed by atoms with E-state index in [1.54, 1.807) is 7.11 Å². The van der Waals surface area contributed by atoms with Crippen LogP contribution in [0.5, 0.6) is 5.75 Å². The van der Waals surface area contributed by atoms with Crippen molar-refractivity contribution >= 4 is 5.97 Å². The molecule has 4 heteroatoms. The van der Waals surface area contributed by atoms with E-state index in [1.165, 1.54) is 12.0 Å². The van der Waals surface area contributed by atoms with Crippen molar-refractivity contribution in [2.45, 2.75) is 31.7 Å². The number of hydrogen-bond acceptors (Lipinski definition) is 3. The van der Waals surface area contributed by atoms with Crippen LogP contribution >= 0.6 is 0 Å². The molecule has 1 unspecified atom stereocenters. The first-order valence-electron chi connectivity index (χ1n) is 6.80. The predicted octanol–water partition coefficient (Wildman–Crippen LogP) is 2.70. The maximum Gasteiger partial charge on any atom is 0.303 e. The highest BCUT2D eigenvalue weighted by Gasteiger charge is 2.25. The third-order valence-electron chi connectivity index (χ3n) is 3.70. The van der Waals surface area contributed by atoms with Gasteiger partial charge in [-0.05, 0) is 50.0 Å². The summed E-state index contributed by atoms with van der Waals surface area (Å²) in [7, 11) is 1.67. The topological polar surface area (TPSA) is 49.8 Å². The molecule has 0 aliphatic carbocycles. The molecular weight excluding hydrogens is 242 g/mol. The minimum atomic E-state index is -0.708. The molecule has 1 N–H and O–H groups in total. The third-order valence-corrected chi connectivity index (χ3v) is 3.70. The molecule has 0 amide bonds. The second-order valence-electron chi connectivity index (χ2n) is 4.96. The van der Waals surface area contributed by atoms with E-state index >= 15 is 0 Å². The van der Waals surface area contributed by atoms with Gasteiger partial charge >= 0.3 is 5.97 Å². The third kappa shape index (κ3) is 3.70. The summed E-state index contributed by atoms with van der Waals surface area (Å²) in [5, 5.41) is 8.70. The number of aliphatic carboxylic acids is 1. The van der Waals surface area contributed by atoms with Gasteiger partial charge in [0, 0.05) is 12.5 Å². The van der Waals surface area contributed by atoms with Crippen LogP contribution in [0.4, 0.5) is 0 Å². The Morgan fingerprint density at radius 3 is 2.79 bits per heavy atom. The zero-order valence-corrected chi connectivity index (χ0v) is 11.3. The van der Waals surface area contributed by atoms with Crippen LogP contribution in [0.2, 0.25) is 0 Å². The lowest BCUT2D eigenvalue weighted by atomic mass is 10.0. The lowest BCUT2D eigenvalue weighted by molar-refractivity contribution is -0.137. The fraction of sp³-hybridized carbons (Fsp3) is 0.533. The van der Waals surface area contributed by atoms with Crippen LogP contribution in [0.3, 0.4) is 0 Å². The van der Waals surface area contributed by atoms with Gasteiger partial charge in [0.15, 0.2) is 0 Å². The number of ether oxygens (including phenoxy) is 1. The highest BCUT2D eigenvalue weighted by Crippen LogP contribution is 2.32. The molecule has 1 saturated heterocycles. The highest BCUT2D eigenvalue weighted by molar-refractivity contribution is 5.66. The molecule has 4 nitrogen and oxygen atoms in total. The Morgan fingerprint density at radius 2 is 2.16 bits per heavy atom. The number of carboxylic acids is 1. The van der Waals surface area contributed by atoms with Crippen LogP contribution in [0.25, 0.3) is 0 Å². The maximum atomic E-state index is 10.6. The molecule has 0 aromatic heterocycles. The minimum absolute atomic E-state index is 0.256. The largest absolute Gasteiger partial charge is 0.497 e. The standard InChI is InChI=1S/C15H21NO3/c1-19-13-8-6-12(7-9-13)14-4-2-10-16(14)11-3-5-15(17)18/h6-9,14H,2-5,10-11H2,1H3,(H,17,18). The molecule has 0 radical (unpaired) electrons. The summed E-state index contributed by atoms with van der Waals surface area (Å²) in [4.78, 5) is 13.0. The Hall–Kier alpha value is -1.55. The smallest absolute Gasteiger partial charge is 0.303 e. The van der Waals surface area contributed by atoms with Gasteiger partial charge in [0.1, 0.15) is 5.75 Å². The Kier molecular flexibility index (Phi) is 4.80. The molecule has 2 rings (SSSR count). The second kappa shape index (κ2) is 6.57. The lowest BCUT2D eigenvalue weighted by Gasteiger charge is -2.24.